The number of aryl methyl sites for hydroxylation is 2. The number of terminal acetylenes is 1. The van der Waals surface area contributed by atoms with Gasteiger partial charge in [0.1, 0.15) is 0 Å². The Morgan fingerprint density at radius 1 is 1.37 bits per heavy atom. The van der Waals surface area contributed by atoms with E-state index in [1.54, 1.807) is 26.8 Å². The van der Waals surface area contributed by atoms with Crippen LogP contribution in [0.1, 0.15) is 30.0 Å². The van der Waals surface area contributed by atoms with E-state index in [1.165, 1.54) is 0 Å². The summed E-state index contributed by atoms with van der Waals surface area (Å²) in [6, 6.07) is 1.47. The van der Waals surface area contributed by atoms with Crippen LogP contribution in [0.4, 0.5) is 5.69 Å². The lowest BCUT2D eigenvalue weighted by atomic mass is 10.1. The minimum absolute atomic E-state index is 0.250. The molecule has 1 atom stereocenters. The van der Waals surface area contributed by atoms with Gasteiger partial charge in [-0.25, -0.2) is 13.1 Å². The number of nitrogens with one attached hydrogen (secondary N) is 1. The van der Waals surface area contributed by atoms with Crippen molar-refractivity contribution < 1.29 is 8.42 Å². The summed E-state index contributed by atoms with van der Waals surface area (Å²) in [7, 11) is -3.61. The molecule has 0 aromatic heterocycles. The summed E-state index contributed by atoms with van der Waals surface area (Å²) < 4.78 is 27.4. The highest BCUT2D eigenvalue weighted by molar-refractivity contribution is 7.89. The SMILES string of the molecule is C#CCC(C)NS(=O)(=O)c1c(C)cc(C)c(N)c1C. The second-order valence-corrected chi connectivity index (χ2v) is 6.46. The van der Waals surface area contributed by atoms with E-state index < -0.39 is 10.0 Å². The molecule has 0 heterocycles. The van der Waals surface area contributed by atoms with E-state index in [1.807, 2.05) is 6.92 Å². The predicted molar refractivity (Wildman–Crippen MR) is 78.3 cm³/mol. The average Bonchev–Trinajstić information content (AvgIpc) is 2.24. The first-order chi connectivity index (χ1) is 8.70. The molecule has 1 rings (SSSR count). The molecular formula is C14H20N2O2S. The zero-order valence-electron chi connectivity index (χ0n) is 11.7. The Hall–Kier alpha value is -1.51. The summed E-state index contributed by atoms with van der Waals surface area (Å²) in [4.78, 5) is 0.250. The first kappa shape index (κ1) is 15.5. The van der Waals surface area contributed by atoms with Gasteiger partial charge in [0.15, 0.2) is 0 Å². The Kier molecular flexibility index (Phi) is 4.61. The van der Waals surface area contributed by atoms with Gasteiger partial charge in [-0.3, -0.25) is 0 Å². The molecule has 4 nitrogen and oxygen atoms in total. The van der Waals surface area contributed by atoms with Crippen LogP contribution in [0.5, 0.6) is 0 Å². The Morgan fingerprint density at radius 2 is 1.95 bits per heavy atom. The number of hydrogen-bond acceptors (Lipinski definition) is 3. The second-order valence-electron chi connectivity index (χ2n) is 4.81. The van der Waals surface area contributed by atoms with Crippen LogP contribution in [0, 0.1) is 33.1 Å². The Morgan fingerprint density at radius 3 is 2.47 bits per heavy atom. The van der Waals surface area contributed by atoms with Crippen molar-refractivity contribution in [2.45, 2.75) is 45.1 Å². The minimum atomic E-state index is -3.61. The van der Waals surface area contributed by atoms with Crippen LogP contribution in [-0.2, 0) is 10.0 Å². The van der Waals surface area contributed by atoms with Gasteiger partial charge < -0.3 is 5.73 Å². The number of nitrogens with two attached hydrogens (primary N) is 1. The maximum atomic E-state index is 12.4. The predicted octanol–water partition coefficient (Wildman–Crippen LogP) is 1.88. The highest BCUT2D eigenvalue weighted by Crippen LogP contribution is 2.28. The molecule has 0 saturated heterocycles. The summed E-state index contributed by atoms with van der Waals surface area (Å²) in [6.07, 6.45) is 5.53. The third-order valence-corrected chi connectivity index (χ3v) is 4.89. The molecule has 0 bridgehead atoms. The third kappa shape index (κ3) is 3.28. The Labute approximate surface area is 115 Å². The molecule has 1 aromatic carbocycles. The largest absolute Gasteiger partial charge is 0.398 e. The molecule has 0 amide bonds. The standard InChI is InChI=1S/C14H20N2O2S/c1-6-7-11(4)16-19(17,18)14-10(3)8-9(2)13(15)12(14)5/h1,8,11,16H,7,15H2,2-5H3. The average molecular weight is 280 g/mol. The lowest BCUT2D eigenvalue weighted by Gasteiger charge is -2.17. The van der Waals surface area contributed by atoms with Crippen LogP contribution in [0.15, 0.2) is 11.0 Å². The molecule has 3 N–H and O–H groups in total. The van der Waals surface area contributed by atoms with Crippen molar-refractivity contribution in [1.29, 1.82) is 0 Å². The molecule has 0 saturated carbocycles. The molecular weight excluding hydrogens is 260 g/mol. The number of rotatable bonds is 4. The molecule has 19 heavy (non-hydrogen) atoms. The number of hydrogen-bond donors (Lipinski definition) is 2. The van der Waals surface area contributed by atoms with Crippen LogP contribution in [0.3, 0.4) is 0 Å². The van der Waals surface area contributed by atoms with Gasteiger partial charge in [0.05, 0.1) is 4.90 Å². The van der Waals surface area contributed by atoms with E-state index in [0.717, 1.165) is 5.56 Å². The number of anilines is 1. The minimum Gasteiger partial charge on any atom is -0.398 e. The first-order valence-corrected chi connectivity index (χ1v) is 7.51. The fourth-order valence-electron chi connectivity index (χ4n) is 2.14. The maximum absolute atomic E-state index is 12.4. The zero-order chi connectivity index (χ0) is 14.8. The van der Waals surface area contributed by atoms with Gasteiger partial charge >= 0.3 is 0 Å². The van der Waals surface area contributed by atoms with Crippen molar-refractivity contribution in [3.63, 3.8) is 0 Å². The van der Waals surface area contributed by atoms with E-state index in [2.05, 4.69) is 10.6 Å². The summed E-state index contributed by atoms with van der Waals surface area (Å²) in [5.74, 6) is 2.44. The molecule has 0 aliphatic carbocycles. The first-order valence-electron chi connectivity index (χ1n) is 6.02. The van der Waals surface area contributed by atoms with Crippen LogP contribution in [0.2, 0.25) is 0 Å². The van der Waals surface area contributed by atoms with Gasteiger partial charge in [0.2, 0.25) is 10.0 Å². The van der Waals surface area contributed by atoms with Gasteiger partial charge in [-0.2, -0.15) is 0 Å². The molecule has 0 aliphatic heterocycles. The molecule has 0 aliphatic rings. The second kappa shape index (κ2) is 5.64. The van der Waals surface area contributed by atoms with Crippen LogP contribution >= 0.6 is 0 Å². The van der Waals surface area contributed by atoms with E-state index in [-0.39, 0.29) is 10.9 Å². The zero-order valence-corrected chi connectivity index (χ0v) is 12.6. The van der Waals surface area contributed by atoms with Crippen molar-refractivity contribution in [3.05, 3.63) is 22.8 Å². The molecule has 0 fully saturated rings. The van der Waals surface area contributed by atoms with Gasteiger partial charge in [-0.05, 0) is 44.4 Å². The van der Waals surface area contributed by atoms with Crippen molar-refractivity contribution >= 4 is 15.7 Å². The van der Waals surface area contributed by atoms with E-state index in [9.17, 15) is 8.42 Å². The van der Waals surface area contributed by atoms with Crippen molar-refractivity contribution in [1.82, 2.24) is 4.72 Å². The van der Waals surface area contributed by atoms with Crippen LogP contribution in [-0.4, -0.2) is 14.5 Å². The summed E-state index contributed by atoms with van der Waals surface area (Å²) in [6.45, 7) is 7.08. The van der Waals surface area contributed by atoms with Gasteiger partial charge in [-0.1, -0.05) is 6.07 Å². The smallest absolute Gasteiger partial charge is 0.241 e. The molecule has 0 spiro atoms. The van der Waals surface area contributed by atoms with Crippen molar-refractivity contribution in [3.8, 4) is 12.3 Å². The monoisotopic (exact) mass is 280 g/mol. The molecule has 1 aromatic rings. The number of nitrogen functional groups attached to an aromatic ring is 1. The molecule has 5 heteroatoms. The van der Waals surface area contributed by atoms with Gasteiger partial charge in [0.25, 0.3) is 0 Å². The normalized spacial score (nSPS) is 13.0. The van der Waals surface area contributed by atoms with Crippen molar-refractivity contribution in [2.24, 2.45) is 0 Å². The third-order valence-electron chi connectivity index (χ3n) is 3.01. The fraction of sp³-hybridized carbons (Fsp3) is 0.429. The Balaban J connectivity index is 3.31. The lowest BCUT2D eigenvalue weighted by Crippen LogP contribution is -2.33. The highest BCUT2D eigenvalue weighted by atomic mass is 32.2. The summed E-state index contributed by atoms with van der Waals surface area (Å²) in [5, 5.41) is 0. The van der Waals surface area contributed by atoms with E-state index >= 15 is 0 Å². The topological polar surface area (TPSA) is 72.2 Å². The quantitative estimate of drug-likeness (QED) is 0.653. The maximum Gasteiger partial charge on any atom is 0.241 e. The molecule has 1 unspecified atom stereocenters. The number of benzene rings is 1. The molecule has 0 radical (unpaired) electrons. The lowest BCUT2D eigenvalue weighted by molar-refractivity contribution is 0.562. The van der Waals surface area contributed by atoms with E-state index in [0.29, 0.717) is 23.2 Å². The van der Waals surface area contributed by atoms with Gasteiger partial charge in [-0.15, -0.1) is 12.3 Å². The Bertz CT molecular complexity index is 628. The highest BCUT2D eigenvalue weighted by Gasteiger charge is 2.23. The molecule has 104 valence electrons. The summed E-state index contributed by atoms with van der Waals surface area (Å²) in [5.41, 5.74) is 8.57. The van der Waals surface area contributed by atoms with Crippen LogP contribution < -0.4 is 10.5 Å². The van der Waals surface area contributed by atoms with Crippen LogP contribution in [0.25, 0.3) is 0 Å². The fourth-order valence-corrected chi connectivity index (χ4v) is 3.86. The van der Waals surface area contributed by atoms with Crippen molar-refractivity contribution in [2.75, 3.05) is 5.73 Å². The summed E-state index contributed by atoms with van der Waals surface area (Å²) >= 11 is 0. The number of sulfonamides is 1. The van der Waals surface area contributed by atoms with Gasteiger partial charge in [0, 0.05) is 18.2 Å². The van der Waals surface area contributed by atoms with E-state index in [4.69, 9.17) is 12.2 Å².